The fourth-order valence-corrected chi connectivity index (χ4v) is 3.64. The third kappa shape index (κ3) is 4.18. The summed E-state index contributed by atoms with van der Waals surface area (Å²) in [6, 6.07) is 6.05. The van der Waals surface area contributed by atoms with Crippen molar-refractivity contribution in [1.29, 1.82) is 0 Å². The van der Waals surface area contributed by atoms with E-state index in [0.29, 0.717) is 5.41 Å². The van der Waals surface area contributed by atoms with Crippen LogP contribution in [0.15, 0.2) is 18.2 Å². The molecule has 5 heteroatoms. The number of rotatable bonds is 3. The van der Waals surface area contributed by atoms with E-state index in [1.165, 1.54) is 12.0 Å². The van der Waals surface area contributed by atoms with Gasteiger partial charge in [-0.1, -0.05) is 17.7 Å². The summed E-state index contributed by atoms with van der Waals surface area (Å²) in [4.78, 5) is 14.3. The minimum absolute atomic E-state index is 0. The van der Waals surface area contributed by atoms with Crippen LogP contribution in [-0.4, -0.2) is 43.6 Å². The molecule has 2 heterocycles. The molecule has 4 nitrogen and oxygen atoms in total. The van der Waals surface area contributed by atoms with Crippen molar-refractivity contribution in [3.63, 3.8) is 0 Å². The Morgan fingerprint density at radius 1 is 1.26 bits per heavy atom. The first-order valence-electron chi connectivity index (χ1n) is 8.27. The molecule has 1 aromatic carbocycles. The molecule has 128 valence electrons. The Morgan fingerprint density at radius 2 is 2.00 bits per heavy atom. The van der Waals surface area contributed by atoms with Gasteiger partial charge in [-0.05, 0) is 56.7 Å². The van der Waals surface area contributed by atoms with E-state index in [-0.39, 0.29) is 24.9 Å². The van der Waals surface area contributed by atoms with Crippen LogP contribution in [0, 0.1) is 19.3 Å². The summed E-state index contributed by atoms with van der Waals surface area (Å²) < 4.78 is 5.72. The molecule has 1 aromatic rings. The van der Waals surface area contributed by atoms with E-state index in [1.54, 1.807) is 0 Å². The predicted octanol–water partition coefficient (Wildman–Crippen LogP) is 2.71. The van der Waals surface area contributed by atoms with Crippen LogP contribution >= 0.6 is 12.4 Å². The maximum atomic E-state index is 12.3. The molecule has 23 heavy (non-hydrogen) atoms. The van der Waals surface area contributed by atoms with Crippen LogP contribution < -0.4 is 10.1 Å². The van der Waals surface area contributed by atoms with Crippen LogP contribution in [0.3, 0.4) is 0 Å². The SMILES string of the molecule is Cc1ccc(OCC(=O)N2CCC3(CCNC3)CC2)c(C)c1.Cl. The number of halogens is 1. The van der Waals surface area contributed by atoms with Gasteiger partial charge in [0, 0.05) is 19.6 Å². The van der Waals surface area contributed by atoms with Gasteiger partial charge in [0.15, 0.2) is 6.61 Å². The molecule has 3 rings (SSSR count). The molecule has 2 fully saturated rings. The van der Waals surface area contributed by atoms with E-state index >= 15 is 0 Å². The molecule has 0 bridgehead atoms. The van der Waals surface area contributed by atoms with Gasteiger partial charge < -0.3 is 15.0 Å². The van der Waals surface area contributed by atoms with Crippen molar-refractivity contribution >= 4 is 18.3 Å². The standard InChI is InChI=1S/C18H26N2O2.ClH/c1-14-3-4-16(15(2)11-14)22-12-17(21)20-9-6-18(7-10-20)5-8-19-13-18;/h3-4,11,19H,5-10,12-13H2,1-2H3;1H. The van der Waals surface area contributed by atoms with Crippen LogP contribution in [0.4, 0.5) is 0 Å². The molecular formula is C18H27ClN2O2. The Labute approximate surface area is 145 Å². The Morgan fingerprint density at radius 3 is 2.61 bits per heavy atom. The average molecular weight is 339 g/mol. The van der Waals surface area contributed by atoms with E-state index in [2.05, 4.69) is 18.3 Å². The van der Waals surface area contributed by atoms with E-state index < -0.39 is 0 Å². The third-order valence-electron chi connectivity index (χ3n) is 5.19. The van der Waals surface area contributed by atoms with Gasteiger partial charge >= 0.3 is 0 Å². The lowest BCUT2D eigenvalue weighted by Crippen LogP contribution is -2.45. The van der Waals surface area contributed by atoms with Crippen molar-refractivity contribution in [2.45, 2.75) is 33.1 Å². The number of ether oxygens (including phenoxy) is 1. The lowest BCUT2D eigenvalue weighted by atomic mass is 9.78. The Bertz CT molecular complexity index is 546. The smallest absolute Gasteiger partial charge is 0.260 e. The first-order valence-corrected chi connectivity index (χ1v) is 8.27. The van der Waals surface area contributed by atoms with E-state index in [4.69, 9.17) is 4.74 Å². The summed E-state index contributed by atoms with van der Waals surface area (Å²) in [5.74, 6) is 0.924. The van der Waals surface area contributed by atoms with Gasteiger partial charge in [0.1, 0.15) is 5.75 Å². The fraction of sp³-hybridized carbons (Fsp3) is 0.611. The minimum Gasteiger partial charge on any atom is -0.484 e. The number of aryl methyl sites for hydroxylation is 2. The highest BCUT2D eigenvalue weighted by Gasteiger charge is 2.37. The first kappa shape index (κ1) is 18.1. The largest absolute Gasteiger partial charge is 0.484 e. The fourth-order valence-electron chi connectivity index (χ4n) is 3.64. The maximum Gasteiger partial charge on any atom is 0.260 e. The molecule has 2 aliphatic heterocycles. The highest BCUT2D eigenvalue weighted by atomic mass is 35.5. The van der Waals surface area contributed by atoms with Crippen LogP contribution in [0.5, 0.6) is 5.75 Å². The summed E-state index contributed by atoms with van der Waals surface area (Å²) in [7, 11) is 0. The summed E-state index contributed by atoms with van der Waals surface area (Å²) in [5, 5.41) is 3.46. The second kappa shape index (κ2) is 7.54. The van der Waals surface area contributed by atoms with Crippen molar-refractivity contribution in [2.24, 2.45) is 5.41 Å². The molecule has 0 aromatic heterocycles. The van der Waals surface area contributed by atoms with Gasteiger partial charge in [0.2, 0.25) is 0 Å². The summed E-state index contributed by atoms with van der Waals surface area (Å²) >= 11 is 0. The van der Waals surface area contributed by atoms with Gasteiger partial charge in [-0.2, -0.15) is 0 Å². The molecule has 0 aliphatic carbocycles. The zero-order valence-electron chi connectivity index (χ0n) is 14.1. The highest BCUT2D eigenvalue weighted by molar-refractivity contribution is 5.85. The quantitative estimate of drug-likeness (QED) is 0.921. The summed E-state index contributed by atoms with van der Waals surface area (Å²) in [6.07, 6.45) is 3.50. The zero-order valence-corrected chi connectivity index (χ0v) is 14.9. The lowest BCUT2D eigenvalue weighted by molar-refractivity contribution is -0.135. The van der Waals surface area contributed by atoms with Crippen LogP contribution in [0.1, 0.15) is 30.4 Å². The number of nitrogens with one attached hydrogen (secondary N) is 1. The number of carbonyl (C=O) groups excluding carboxylic acids is 1. The van der Waals surface area contributed by atoms with Crippen LogP contribution in [0.2, 0.25) is 0 Å². The average Bonchev–Trinajstić information content (AvgIpc) is 2.95. The molecule has 1 N–H and O–H groups in total. The molecule has 0 unspecified atom stereocenters. The number of benzene rings is 1. The van der Waals surface area contributed by atoms with E-state index in [1.807, 2.05) is 24.0 Å². The van der Waals surface area contributed by atoms with Crippen LogP contribution in [0.25, 0.3) is 0 Å². The first-order chi connectivity index (χ1) is 10.6. The summed E-state index contributed by atoms with van der Waals surface area (Å²) in [6.45, 7) is 8.22. The molecule has 0 radical (unpaired) electrons. The Balaban J connectivity index is 0.00000192. The number of carbonyl (C=O) groups is 1. The number of likely N-dealkylation sites (tertiary alicyclic amines) is 1. The highest BCUT2D eigenvalue weighted by Crippen LogP contribution is 2.36. The molecule has 0 atom stereocenters. The van der Waals surface area contributed by atoms with Crippen molar-refractivity contribution in [3.05, 3.63) is 29.3 Å². The van der Waals surface area contributed by atoms with Crippen molar-refractivity contribution < 1.29 is 9.53 Å². The molecular weight excluding hydrogens is 312 g/mol. The minimum atomic E-state index is 0. The van der Waals surface area contributed by atoms with E-state index in [0.717, 1.165) is 50.3 Å². The van der Waals surface area contributed by atoms with Crippen molar-refractivity contribution in [2.75, 3.05) is 32.8 Å². The Hall–Kier alpha value is -1.26. The molecule has 0 saturated carbocycles. The zero-order chi connectivity index (χ0) is 15.6. The molecule has 1 amide bonds. The van der Waals surface area contributed by atoms with Crippen LogP contribution in [-0.2, 0) is 4.79 Å². The van der Waals surface area contributed by atoms with E-state index in [9.17, 15) is 4.79 Å². The molecule has 2 aliphatic rings. The Kier molecular flexibility index (Phi) is 5.93. The summed E-state index contributed by atoms with van der Waals surface area (Å²) in [5.41, 5.74) is 2.75. The number of amides is 1. The molecule has 2 saturated heterocycles. The normalized spacial score (nSPS) is 19.5. The second-order valence-corrected chi connectivity index (χ2v) is 6.87. The van der Waals surface area contributed by atoms with Gasteiger partial charge in [0.25, 0.3) is 5.91 Å². The number of hydrogen-bond donors (Lipinski definition) is 1. The van der Waals surface area contributed by atoms with Gasteiger partial charge in [-0.15, -0.1) is 12.4 Å². The van der Waals surface area contributed by atoms with Crippen molar-refractivity contribution in [3.8, 4) is 5.75 Å². The lowest BCUT2D eigenvalue weighted by Gasteiger charge is -2.38. The molecule has 1 spiro atoms. The van der Waals surface area contributed by atoms with Gasteiger partial charge in [-0.3, -0.25) is 4.79 Å². The van der Waals surface area contributed by atoms with Crippen molar-refractivity contribution in [1.82, 2.24) is 10.2 Å². The van der Waals surface area contributed by atoms with Gasteiger partial charge in [0.05, 0.1) is 0 Å². The third-order valence-corrected chi connectivity index (χ3v) is 5.19. The maximum absolute atomic E-state index is 12.3. The number of piperidine rings is 1. The number of hydrogen-bond acceptors (Lipinski definition) is 3. The topological polar surface area (TPSA) is 41.6 Å². The monoisotopic (exact) mass is 338 g/mol. The predicted molar refractivity (Wildman–Crippen MR) is 94.4 cm³/mol. The second-order valence-electron chi connectivity index (χ2n) is 6.87. The van der Waals surface area contributed by atoms with Gasteiger partial charge in [-0.25, -0.2) is 0 Å². The number of nitrogens with zero attached hydrogens (tertiary/aromatic N) is 1.